The minimum Gasteiger partial charge on any atom is -0.444 e. The molecule has 1 nitrogen and oxygen atoms in total. The van der Waals surface area contributed by atoms with Gasteiger partial charge in [-0.05, 0) is 17.7 Å². The summed E-state index contributed by atoms with van der Waals surface area (Å²) < 4.78 is 5.33. The molecular weight excluding hydrogens is 239 g/mol. The molecule has 0 unspecified atom stereocenters. The molecule has 0 N–H and O–H groups in total. The highest BCUT2D eigenvalue weighted by molar-refractivity contribution is 9.08. The maximum Gasteiger partial charge on any atom is 0.198 e. The molecule has 1 heterocycles. The van der Waals surface area contributed by atoms with Crippen molar-refractivity contribution < 1.29 is 4.42 Å². The number of fused-ring (bicyclic) bond motifs is 1. The topological polar surface area (TPSA) is 13.1 Å². The molecule has 0 radical (unpaired) electrons. The van der Waals surface area contributed by atoms with Gasteiger partial charge in [0.05, 0.1) is 0 Å². The van der Waals surface area contributed by atoms with Crippen LogP contribution < -0.4 is 0 Å². The Morgan fingerprint density at radius 2 is 2.08 bits per heavy atom. The fourth-order valence-electron chi connectivity index (χ4n) is 1.19. The van der Waals surface area contributed by atoms with Crippen LogP contribution in [0.5, 0.6) is 0 Å². The van der Waals surface area contributed by atoms with Crippen LogP contribution in [0.25, 0.3) is 11.0 Å². The highest BCUT2D eigenvalue weighted by Crippen LogP contribution is 2.30. The van der Waals surface area contributed by atoms with E-state index in [1.165, 1.54) is 0 Å². The number of alkyl halides is 1. The maximum atomic E-state index is 5.87. The van der Waals surface area contributed by atoms with Crippen LogP contribution in [-0.4, -0.2) is 0 Å². The molecule has 0 atom stereocenters. The molecule has 1 aromatic carbocycles. The van der Waals surface area contributed by atoms with Crippen molar-refractivity contribution in [1.82, 2.24) is 0 Å². The zero-order valence-electron chi connectivity index (χ0n) is 6.18. The molecule has 2 rings (SSSR count). The van der Waals surface area contributed by atoms with Crippen LogP contribution in [-0.2, 0) is 5.33 Å². The summed E-state index contributed by atoms with van der Waals surface area (Å²) in [5, 5.41) is 2.29. The van der Waals surface area contributed by atoms with Gasteiger partial charge in [-0.2, -0.15) is 0 Å². The second-order valence-corrected chi connectivity index (χ2v) is 3.39. The summed E-state index contributed by atoms with van der Waals surface area (Å²) >= 11 is 9.24. The third kappa shape index (κ3) is 1.15. The van der Waals surface area contributed by atoms with Gasteiger partial charge in [-0.15, -0.1) is 0 Å². The van der Waals surface area contributed by atoms with Crippen molar-refractivity contribution in [2.75, 3.05) is 0 Å². The Hall–Kier alpha value is -0.470. The number of hydrogen-bond donors (Lipinski definition) is 0. The highest BCUT2D eigenvalue weighted by Gasteiger charge is 2.09. The summed E-state index contributed by atoms with van der Waals surface area (Å²) in [5.74, 6) is 0. The summed E-state index contributed by atoms with van der Waals surface area (Å²) in [6.07, 6.45) is 0. The largest absolute Gasteiger partial charge is 0.444 e. The summed E-state index contributed by atoms with van der Waals surface area (Å²) in [6.45, 7) is 0. The Balaban J connectivity index is 2.81. The molecule has 2 aromatic rings. The average Bonchev–Trinajstić information content (AvgIpc) is 2.40. The van der Waals surface area contributed by atoms with E-state index in [4.69, 9.17) is 16.0 Å². The second-order valence-electron chi connectivity index (χ2n) is 2.48. The number of para-hydroxylation sites is 1. The van der Waals surface area contributed by atoms with E-state index in [9.17, 15) is 0 Å². The number of rotatable bonds is 1. The first-order valence-electron chi connectivity index (χ1n) is 3.55. The highest BCUT2D eigenvalue weighted by atomic mass is 79.9. The Labute approximate surface area is 83.4 Å². The summed E-state index contributed by atoms with van der Waals surface area (Å²) in [5.41, 5.74) is 1.87. The smallest absolute Gasteiger partial charge is 0.198 e. The van der Waals surface area contributed by atoms with Crippen LogP contribution >= 0.6 is 27.5 Å². The summed E-state index contributed by atoms with van der Waals surface area (Å²) in [4.78, 5) is 0. The van der Waals surface area contributed by atoms with E-state index < -0.39 is 0 Å². The number of benzene rings is 1. The molecule has 62 valence electrons. The predicted molar refractivity (Wildman–Crippen MR) is 53.9 cm³/mol. The van der Waals surface area contributed by atoms with Crippen LogP contribution in [0.2, 0.25) is 5.22 Å². The molecule has 0 aliphatic rings. The van der Waals surface area contributed by atoms with Crippen molar-refractivity contribution >= 4 is 38.5 Å². The van der Waals surface area contributed by atoms with Crippen LogP contribution in [0, 0.1) is 0 Å². The van der Waals surface area contributed by atoms with Gasteiger partial charge in [-0.1, -0.05) is 34.1 Å². The zero-order chi connectivity index (χ0) is 8.55. The normalized spacial score (nSPS) is 10.8. The Morgan fingerprint density at radius 3 is 2.83 bits per heavy atom. The van der Waals surface area contributed by atoms with Gasteiger partial charge in [-0.25, -0.2) is 0 Å². The molecule has 0 amide bonds. The van der Waals surface area contributed by atoms with Crippen molar-refractivity contribution in [2.45, 2.75) is 5.33 Å². The fraction of sp³-hybridized carbons (Fsp3) is 0.111. The molecule has 0 fully saturated rings. The first kappa shape index (κ1) is 8.14. The van der Waals surface area contributed by atoms with E-state index in [0.717, 1.165) is 21.9 Å². The monoisotopic (exact) mass is 244 g/mol. The van der Waals surface area contributed by atoms with Crippen molar-refractivity contribution in [1.29, 1.82) is 0 Å². The van der Waals surface area contributed by atoms with E-state index in [-0.39, 0.29) is 0 Å². The molecule has 0 bridgehead atoms. The van der Waals surface area contributed by atoms with Gasteiger partial charge in [0, 0.05) is 16.3 Å². The van der Waals surface area contributed by atoms with Crippen LogP contribution in [0.1, 0.15) is 5.56 Å². The Kier molecular flexibility index (Phi) is 2.11. The van der Waals surface area contributed by atoms with E-state index >= 15 is 0 Å². The quantitative estimate of drug-likeness (QED) is 0.693. The second kappa shape index (κ2) is 3.11. The lowest BCUT2D eigenvalue weighted by atomic mass is 10.2. The lowest BCUT2D eigenvalue weighted by Crippen LogP contribution is -1.72. The Morgan fingerprint density at radius 1 is 1.33 bits per heavy atom. The lowest BCUT2D eigenvalue weighted by molar-refractivity contribution is 0.615. The molecule has 0 aliphatic heterocycles. The maximum absolute atomic E-state index is 5.87. The van der Waals surface area contributed by atoms with Gasteiger partial charge in [0.15, 0.2) is 5.22 Å². The van der Waals surface area contributed by atoms with Gasteiger partial charge in [-0.3, -0.25) is 0 Å². The summed E-state index contributed by atoms with van der Waals surface area (Å²) in [7, 11) is 0. The van der Waals surface area contributed by atoms with Crippen molar-refractivity contribution in [3.63, 3.8) is 0 Å². The van der Waals surface area contributed by atoms with Crippen molar-refractivity contribution in [3.8, 4) is 0 Å². The SMILES string of the molecule is Clc1oc2ccccc2c1CBr. The van der Waals surface area contributed by atoms with E-state index in [0.29, 0.717) is 5.22 Å². The van der Waals surface area contributed by atoms with Crippen LogP contribution in [0.15, 0.2) is 28.7 Å². The van der Waals surface area contributed by atoms with Gasteiger partial charge in [0.25, 0.3) is 0 Å². The van der Waals surface area contributed by atoms with Crippen LogP contribution in [0.4, 0.5) is 0 Å². The first-order chi connectivity index (χ1) is 5.83. The van der Waals surface area contributed by atoms with Crippen molar-refractivity contribution in [2.24, 2.45) is 0 Å². The zero-order valence-corrected chi connectivity index (χ0v) is 8.52. The van der Waals surface area contributed by atoms with Crippen molar-refractivity contribution in [3.05, 3.63) is 35.0 Å². The molecular formula is C9H6BrClO. The van der Waals surface area contributed by atoms with Crippen LogP contribution in [0.3, 0.4) is 0 Å². The fourth-order valence-corrected chi connectivity index (χ4v) is 2.16. The minimum absolute atomic E-state index is 0.480. The third-order valence-electron chi connectivity index (χ3n) is 1.78. The number of furan rings is 1. The average molecular weight is 246 g/mol. The van der Waals surface area contributed by atoms with Gasteiger partial charge in [0.2, 0.25) is 0 Å². The predicted octanol–water partition coefficient (Wildman–Crippen LogP) is 3.98. The molecule has 1 aromatic heterocycles. The number of halogens is 2. The van der Waals surface area contributed by atoms with E-state index in [1.807, 2.05) is 24.3 Å². The molecule has 0 aliphatic carbocycles. The lowest BCUT2D eigenvalue weighted by Gasteiger charge is -1.88. The molecule has 12 heavy (non-hydrogen) atoms. The van der Waals surface area contributed by atoms with Gasteiger partial charge in [0.1, 0.15) is 5.58 Å². The van der Waals surface area contributed by atoms with Gasteiger partial charge >= 0.3 is 0 Å². The van der Waals surface area contributed by atoms with E-state index in [2.05, 4.69) is 15.9 Å². The minimum atomic E-state index is 0.480. The number of hydrogen-bond acceptors (Lipinski definition) is 1. The van der Waals surface area contributed by atoms with E-state index in [1.54, 1.807) is 0 Å². The molecule has 0 spiro atoms. The molecule has 0 saturated carbocycles. The molecule has 0 saturated heterocycles. The Bertz CT molecular complexity index is 408. The molecule has 3 heteroatoms. The first-order valence-corrected chi connectivity index (χ1v) is 5.04. The van der Waals surface area contributed by atoms with Gasteiger partial charge < -0.3 is 4.42 Å². The summed E-state index contributed by atoms with van der Waals surface area (Å²) in [6, 6.07) is 7.81. The third-order valence-corrected chi connectivity index (χ3v) is 2.65. The standard InChI is InChI=1S/C9H6BrClO/c10-5-7-6-3-1-2-4-8(6)12-9(7)11/h1-4H,5H2.